The van der Waals surface area contributed by atoms with Crippen molar-refractivity contribution in [2.24, 2.45) is 0 Å². The fourth-order valence-electron chi connectivity index (χ4n) is 3.29. The van der Waals surface area contributed by atoms with Gasteiger partial charge in [-0.3, -0.25) is 4.79 Å². The number of aryl methyl sites for hydroxylation is 2. The van der Waals surface area contributed by atoms with Crippen LogP contribution in [-0.2, 0) is 4.79 Å². The van der Waals surface area contributed by atoms with Gasteiger partial charge in [-0.05, 0) is 39.7 Å². The van der Waals surface area contributed by atoms with Gasteiger partial charge in [-0.1, -0.05) is 31.0 Å². The summed E-state index contributed by atoms with van der Waals surface area (Å²) in [5, 5.41) is 25.0. The van der Waals surface area contributed by atoms with Crippen molar-refractivity contribution in [3.05, 3.63) is 17.5 Å². The fraction of sp³-hybridized carbons (Fsp3) is 0.588. The Morgan fingerprint density at radius 2 is 2.07 bits per heavy atom. The molecule has 0 aliphatic heterocycles. The first-order chi connectivity index (χ1) is 12.8. The maximum atomic E-state index is 12.6. The second-order valence-corrected chi connectivity index (χ2v) is 8.30. The number of nitrogens with one attached hydrogen (secondary N) is 1. The summed E-state index contributed by atoms with van der Waals surface area (Å²) in [6, 6.07) is 4.22. The smallest absolute Gasteiger partial charge is 0.271 e. The lowest BCUT2D eigenvalue weighted by Crippen LogP contribution is -2.51. The number of nitrogens with two attached hydrogens (primary N) is 1. The highest BCUT2D eigenvalue weighted by molar-refractivity contribution is 8.00. The Morgan fingerprint density at radius 3 is 2.67 bits per heavy atom. The number of carbonyl (C=O) groups is 1. The van der Waals surface area contributed by atoms with Gasteiger partial charge in [-0.15, -0.1) is 10.2 Å². The van der Waals surface area contributed by atoms with Gasteiger partial charge in [0, 0.05) is 5.69 Å². The highest BCUT2D eigenvalue weighted by Crippen LogP contribution is 2.29. The molecule has 1 saturated carbocycles. The van der Waals surface area contributed by atoms with Crippen molar-refractivity contribution >= 4 is 17.7 Å². The van der Waals surface area contributed by atoms with Crippen LogP contribution < -0.4 is 11.2 Å². The minimum Gasteiger partial charge on any atom is -0.337 e. The molecule has 2 heterocycles. The third-order valence-electron chi connectivity index (χ3n) is 4.78. The van der Waals surface area contributed by atoms with Crippen LogP contribution >= 0.6 is 11.8 Å². The SMILES string of the molecule is Cc1cc(C)n(-c2nnc(S[C@@H](C)C(=O)NC3(C#N)CCCCC3)n2N)n1. The van der Waals surface area contributed by atoms with E-state index in [0.717, 1.165) is 30.7 Å². The molecular formula is C17H24N8OS. The zero-order valence-electron chi connectivity index (χ0n) is 15.8. The van der Waals surface area contributed by atoms with Crippen molar-refractivity contribution in [3.63, 3.8) is 0 Å². The molecule has 27 heavy (non-hydrogen) atoms. The standard InChI is InChI=1S/C17H24N8OS/c1-11-9-12(2)25(23-11)15-21-22-16(24(15)19)27-13(3)14(26)20-17(10-18)7-5-4-6-8-17/h9,13H,4-8,19H2,1-3H3,(H,20,26)/t13-/m0/s1. The van der Waals surface area contributed by atoms with Crippen LogP contribution in [0.1, 0.15) is 50.4 Å². The number of nitrogens with zero attached hydrogens (tertiary/aromatic N) is 6. The minimum absolute atomic E-state index is 0.195. The molecule has 2 aromatic heterocycles. The second kappa shape index (κ2) is 7.60. The first kappa shape index (κ1) is 19.2. The van der Waals surface area contributed by atoms with Crippen LogP contribution in [0.25, 0.3) is 5.95 Å². The summed E-state index contributed by atoms with van der Waals surface area (Å²) >= 11 is 1.21. The van der Waals surface area contributed by atoms with Gasteiger partial charge in [-0.25, -0.2) is 9.36 Å². The summed E-state index contributed by atoms with van der Waals surface area (Å²) < 4.78 is 2.94. The van der Waals surface area contributed by atoms with E-state index in [9.17, 15) is 10.1 Å². The van der Waals surface area contributed by atoms with Crippen molar-refractivity contribution in [2.45, 2.75) is 68.8 Å². The molecule has 3 N–H and O–H groups in total. The average Bonchev–Trinajstić information content (AvgIpc) is 3.17. The third-order valence-corrected chi connectivity index (χ3v) is 5.84. The van der Waals surface area contributed by atoms with Crippen LogP contribution in [0.4, 0.5) is 0 Å². The molecule has 0 saturated heterocycles. The lowest BCUT2D eigenvalue weighted by molar-refractivity contribution is -0.121. The van der Waals surface area contributed by atoms with Gasteiger partial charge in [0.05, 0.1) is 17.0 Å². The van der Waals surface area contributed by atoms with E-state index in [1.165, 1.54) is 16.4 Å². The molecule has 0 unspecified atom stereocenters. The lowest BCUT2D eigenvalue weighted by Gasteiger charge is -2.32. The zero-order chi connectivity index (χ0) is 19.6. The Kier molecular flexibility index (Phi) is 5.41. The van der Waals surface area contributed by atoms with E-state index < -0.39 is 10.8 Å². The van der Waals surface area contributed by atoms with Crippen molar-refractivity contribution < 1.29 is 4.79 Å². The van der Waals surface area contributed by atoms with E-state index in [-0.39, 0.29) is 5.91 Å². The van der Waals surface area contributed by atoms with Gasteiger partial charge in [0.1, 0.15) is 5.54 Å². The highest BCUT2D eigenvalue weighted by Gasteiger charge is 2.35. The molecule has 0 aromatic carbocycles. The van der Waals surface area contributed by atoms with E-state index in [2.05, 4.69) is 26.7 Å². The Bertz CT molecular complexity index is 874. The molecule has 10 heteroatoms. The van der Waals surface area contributed by atoms with Gasteiger partial charge in [-0.2, -0.15) is 10.4 Å². The number of rotatable bonds is 5. The van der Waals surface area contributed by atoms with Crippen LogP contribution in [-0.4, -0.2) is 41.3 Å². The summed E-state index contributed by atoms with van der Waals surface area (Å²) in [7, 11) is 0. The molecule has 1 atom stereocenters. The Labute approximate surface area is 162 Å². The van der Waals surface area contributed by atoms with Crippen LogP contribution in [0.2, 0.25) is 0 Å². The molecule has 9 nitrogen and oxygen atoms in total. The second-order valence-electron chi connectivity index (χ2n) is 7.00. The molecular weight excluding hydrogens is 364 g/mol. The van der Waals surface area contributed by atoms with Crippen LogP contribution in [0.3, 0.4) is 0 Å². The number of nitriles is 1. The molecule has 144 valence electrons. The van der Waals surface area contributed by atoms with Crippen molar-refractivity contribution in [3.8, 4) is 12.0 Å². The molecule has 1 aliphatic carbocycles. The van der Waals surface area contributed by atoms with E-state index in [1.54, 1.807) is 11.6 Å². The molecule has 0 spiro atoms. The summed E-state index contributed by atoms with van der Waals surface area (Å²) in [4.78, 5) is 12.6. The molecule has 2 aromatic rings. The average molecular weight is 389 g/mol. The fourth-order valence-corrected chi connectivity index (χ4v) is 4.06. The van der Waals surface area contributed by atoms with E-state index in [0.29, 0.717) is 23.9 Å². The number of nitrogen functional groups attached to an aromatic ring is 1. The summed E-state index contributed by atoms with van der Waals surface area (Å²) in [5.74, 6) is 6.31. The zero-order valence-corrected chi connectivity index (χ0v) is 16.6. The summed E-state index contributed by atoms with van der Waals surface area (Å²) in [5.41, 5.74) is 0.990. The van der Waals surface area contributed by atoms with Crippen LogP contribution in [0, 0.1) is 25.2 Å². The number of aromatic nitrogens is 5. The van der Waals surface area contributed by atoms with Gasteiger partial charge in [0.15, 0.2) is 0 Å². The molecule has 1 fully saturated rings. The van der Waals surface area contributed by atoms with Crippen molar-refractivity contribution in [1.29, 1.82) is 5.26 Å². The number of thioether (sulfide) groups is 1. The summed E-state index contributed by atoms with van der Waals surface area (Å²) in [6.07, 6.45) is 4.41. The Morgan fingerprint density at radius 1 is 1.37 bits per heavy atom. The van der Waals surface area contributed by atoms with Crippen molar-refractivity contribution in [2.75, 3.05) is 5.84 Å². The van der Waals surface area contributed by atoms with Gasteiger partial charge in [0.25, 0.3) is 5.95 Å². The normalized spacial score (nSPS) is 17.3. The van der Waals surface area contributed by atoms with Gasteiger partial charge >= 0.3 is 0 Å². The van der Waals surface area contributed by atoms with Crippen LogP contribution in [0.5, 0.6) is 0 Å². The van der Waals surface area contributed by atoms with E-state index in [1.807, 2.05) is 19.9 Å². The van der Waals surface area contributed by atoms with E-state index in [4.69, 9.17) is 5.84 Å². The number of hydrogen-bond donors (Lipinski definition) is 2. The largest absolute Gasteiger partial charge is 0.337 e. The molecule has 1 amide bonds. The van der Waals surface area contributed by atoms with Gasteiger partial charge in [0.2, 0.25) is 11.1 Å². The Balaban J connectivity index is 1.71. The number of carbonyl (C=O) groups excluding carboxylic acids is 1. The van der Waals surface area contributed by atoms with Crippen molar-refractivity contribution in [1.82, 2.24) is 30.0 Å². The molecule has 0 bridgehead atoms. The molecule has 3 rings (SSSR count). The van der Waals surface area contributed by atoms with Gasteiger partial charge < -0.3 is 11.2 Å². The monoisotopic (exact) mass is 388 g/mol. The predicted molar refractivity (Wildman–Crippen MR) is 102 cm³/mol. The third kappa shape index (κ3) is 3.93. The first-order valence-electron chi connectivity index (χ1n) is 8.99. The number of amides is 1. The Hall–Kier alpha value is -2.54. The maximum absolute atomic E-state index is 12.6. The maximum Gasteiger partial charge on any atom is 0.271 e. The predicted octanol–water partition coefficient (Wildman–Crippen LogP) is 1.62. The lowest BCUT2D eigenvalue weighted by atomic mass is 9.83. The first-order valence-corrected chi connectivity index (χ1v) is 9.87. The van der Waals surface area contributed by atoms with E-state index >= 15 is 0 Å². The molecule has 0 radical (unpaired) electrons. The topological polar surface area (TPSA) is 127 Å². The van der Waals surface area contributed by atoms with Crippen LogP contribution in [0.15, 0.2) is 11.2 Å². The minimum atomic E-state index is -0.755. The molecule has 1 aliphatic rings. The highest BCUT2D eigenvalue weighted by atomic mass is 32.2. The quantitative estimate of drug-likeness (QED) is 0.588. The number of hydrogen-bond acceptors (Lipinski definition) is 7. The summed E-state index contributed by atoms with van der Waals surface area (Å²) in [6.45, 7) is 5.56.